The number of carbonyl (C=O) groups is 3. The molecule has 2 aromatic carbocycles. The summed E-state index contributed by atoms with van der Waals surface area (Å²) in [5.41, 5.74) is 3.33. The monoisotopic (exact) mass is 390 g/mol. The minimum atomic E-state index is -0.446. The van der Waals surface area contributed by atoms with Gasteiger partial charge >= 0.3 is 5.97 Å². The highest BCUT2D eigenvalue weighted by Crippen LogP contribution is 2.63. The van der Waals surface area contributed by atoms with Crippen molar-refractivity contribution in [1.82, 2.24) is 0 Å². The Morgan fingerprint density at radius 2 is 1.41 bits per heavy atom. The van der Waals surface area contributed by atoms with E-state index in [0.717, 1.165) is 16.5 Å². The lowest BCUT2D eigenvalue weighted by Gasteiger charge is -2.27. The molecule has 0 N–H and O–H groups in total. The van der Waals surface area contributed by atoms with Crippen molar-refractivity contribution in [3.05, 3.63) is 58.2 Å². The molecule has 146 valence electrons. The summed E-state index contributed by atoms with van der Waals surface area (Å²) in [6.07, 6.45) is 3.35. The van der Waals surface area contributed by atoms with E-state index in [9.17, 15) is 14.4 Å². The molecule has 0 heterocycles. The molecular formula is C23H18O6. The lowest BCUT2D eigenvalue weighted by atomic mass is 9.78. The van der Waals surface area contributed by atoms with Crippen LogP contribution in [-0.2, 0) is 14.3 Å². The number of rotatable bonds is 3. The van der Waals surface area contributed by atoms with Gasteiger partial charge < -0.3 is 14.2 Å². The Kier molecular flexibility index (Phi) is 3.68. The maximum atomic E-state index is 12.6. The maximum Gasteiger partial charge on any atom is 0.337 e. The first kappa shape index (κ1) is 17.7. The molecule has 2 unspecified atom stereocenters. The zero-order valence-electron chi connectivity index (χ0n) is 16.2. The Morgan fingerprint density at radius 3 is 1.93 bits per heavy atom. The van der Waals surface area contributed by atoms with Crippen molar-refractivity contribution in [3.63, 3.8) is 0 Å². The molecule has 2 atom stereocenters. The van der Waals surface area contributed by atoms with Crippen LogP contribution in [0.25, 0.3) is 10.8 Å². The van der Waals surface area contributed by atoms with E-state index >= 15 is 0 Å². The maximum absolute atomic E-state index is 12.6. The molecule has 3 aliphatic rings. The first-order valence-corrected chi connectivity index (χ1v) is 9.32. The van der Waals surface area contributed by atoms with Crippen LogP contribution in [0.1, 0.15) is 39.7 Å². The van der Waals surface area contributed by atoms with Crippen molar-refractivity contribution < 1.29 is 28.6 Å². The van der Waals surface area contributed by atoms with E-state index in [1.807, 2.05) is 0 Å². The molecule has 5 rings (SSSR count). The van der Waals surface area contributed by atoms with Gasteiger partial charge in [0.15, 0.2) is 11.6 Å². The number of hydrogen-bond acceptors (Lipinski definition) is 6. The standard InChI is InChI=1S/C23H18O6/c1-27-21-11-5-4-10(23(26)29-3)8-12(11)22(28-2)20-14-9-13(19(20)21)17-15(24)6-7-16(25)18(14)17/h4-8,13-14H,9H2,1-3H3. The molecule has 29 heavy (non-hydrogen) atoms. The second-order valence-corrected chi connectivity index (χ2v) is 7.38. The van der Waals surface area contributed by atoms with Crippen LogP contribution in [0.3, 0.4) is 0 Å². The fourth-order valence-electron chi connectivity index (χ4n) is 5.15. The lowest BCUT2D eigenvalue weighted by Crippen LogP contribution is -2.20. The Bertz CT molecular complexity index is 1200. The highest BCUT2D eigenvalue weighted by molar-refractivity contribution is 6.23. The average molecular weight is 390 g/mol. The predicted octanol–water partition coefficient (Wildman–Crippen LogP) is 3.23. The van der Waals surface area contributed by atoms with Gasteiger partial charge in [-0.25, -0.2) is 4.79 Å². The zero-order chi connectivity index (χ0) is 20.4. The average Bonchev–Trinajstić information content (AvgIpc) is 3.31. The number of benzene rings is 2. The fraction of sp³-hybridized carbons (Fsp3) is 0.261. The van der Waals surface area contributed by atoms with E-state index in [1.54, 1.807) is 32.4 Å². The minimum Gasteiger partial charge on any atom is -0.496 e. The molecule has 6 heteroatoms. The fourth-order valence-corrected chi connectivity index (χ4v) is 5.15. The summed E-state index contributed by atoms with van der Waals surface area (Å²) in [7, 11) is 4.49. The van der Waals surface area contributed by atoms with Gasteiger partial charge in [-0.2, -0.15) is 0 Å². The molecule has 0 spiro atoms. The van der Waals surface area contributed by atoms with Gasteiger partial charge in [0, 0.05) is 44.9 Å². The number of fused-ring (bicyclic) bond motifs is 8. The van der Waals surface area contributed by atoms with Crippen molar-refractivity contribution in [2.24, 2.45) is 0 Å². The summed E-state index contributed by atoms with van der Waals surface area (Å²) in [6, 6.07) is 5.20. The third-order valence-electron chi connectivity index (χ3n) is 6.19. The molecule has 6 nitrogen and oxygen atoms in total. The molecule has 0 radical (unpaired) electrons. The summed E-state index contributed by atoms with van der Waals surface area (Å²) in [5.74, 6) is 0.165. The number of hydrogen-bond donors (Lipinski definition) is 0. The van der Waals surface area contributed by atoms with Crippen LogP contribution < -0.4 is 9.47 Å². The molecular weight excluding hydrogens is 372 g/mol. The quantitative estimate of drug-likeness (QED) is 0.591. The smallest absolute Gasteiger partial charge is 0.337 e. The number of methoxy groups -OCH3 is 3. The topological polar surface area (TPSA) is 78.9 Å². The van der Waals surface area contributed by atoms with E-state index in [-0.39, 0.29) is 23.4 Å². The predicted molar refractivity (Wildman–Crippen MR) is 105 cm³/mol. The SMILES string of the molecule is COC(=O)c1ccc2c(OC)c3c(c(OC)c2c1)C1CC3C2=C1C(=O)C=CC2=O. The third-order valence-corrected chi connectivity index (χ3v) is 6.19. The highest BCUT2D eigenvalue weighted by Gasteiger charge is 2.51. The Labute approximate surface area is 166 Å². The summed E-state index contributed by atoms with van der Waals surface area (Å²) < 4.78 is 16.4. The number of esters is 1. The Hall–Kier alpha value is -3.41. The van der Waals surface area contributed by atoms with E-state index in [0.29, 0.717) is 40.0 Å². The van der Waals surface area contributed by atoms with Crippen molar-refractivity contribution in [3.8, 4) is 11.5 Å². The van der Waals surface area contributed by atoms with Crippen LogP contribution in [0.5, 0.6) is 11.5 Å². The highest BCUT2D eigenvalue weighted by atomic mass is 16.5. The van der Waals surface area contributed by atoms with Crippen LogP contribution in [0.2, 0.25) is 0 Å². The van der Waals surface area contributed by atoms with Gasteiger partial charge in [0.25, 0.3) is 0 Å². The van der Waals surface area contributed by atoms with Gasteiger partial charge in [-0.05, 0) is 36.8 Å². The summed E-state index contributed by atoms with van der Waals surface area (Å²) in [6.45, 7) is 0. The van der Waals surface area contributed by atoms with Crippen LogP contribution >= 0.6 is 0 Å². The Morgan fingerprint density at radius 1 is 0.862 bits per heavy atom. The normalized spacial score (nSPS) is 21.5. The lowest BCUT2D eigenvalue weighted by molar-refractivity contribution is -0.115. The summed E-state index contributed by atoms with van der Waals surface area (Å²) >= 11 is 0. The second-order valence-electron chi connectivity index (χ2n) is 7.38. The van der Waals surface area contributed by atoms with Crippen molar-refractivity contribution in [1.29, 1.82) is 0 Å². The number of carbonyl (C=O) groups excluding carboxylic acids is 3. The van der Waals surface area contributed by atoms with Crippen LogP contribution in [0.4, 0.5) is 0 Å². The molecule has 0 saturated carbocycles. The van der Waals surface area contributed by atoms with Crippen molar-refractivity contribution in [2.45, 2.75) is 18.3 Å². The van der Waals surface area contributed by atoms with Crippen molar-refractivity contribution >= 4 is 28.3 Å². The molecule has 0 aliphatic heterocycles. The van der Waals surface area contributed by atoms with Crippen LogP contribution in [-0.4, -0.2) is 38.9 Å². The largest absolute Gasteiger partial charge is 0.496 e. The second kappa shape index (κ2) is 6.04. The molecule has 3 aliphatic carbocycles. The number of allylic oxidation sites excluding steroid dienone is 4. The first-order chi connectivity index (χ1) is 14.0. The van der Waals surface area contributed by atoms with Crippen LogP contribution in [0.15, 0.2) is 41.5 Å². The Balaban J connectivity index is 1.84. The van der Waals surface area contributed by atoms with Gasteiger partial charge in [0.05, 0.1) is 26.9 Å². The van der Waals surface area contributed by atoms with E-state index in [2.05, 4.69) is 0 Å². The molecule has 0 fully saturated rings. The number of ether oxygens (including phenoxy) is 3. The van der Waals surface area contributed by atoms with Crippen molar-refractivity contribution in [2.75, 3.05) is 21.3 Å². The van der Waals surface area contributed by atoms with Crippen LogP contribution in [0, 0.1) is 0 Å². The van der Waals surface area contributed by atoms with E-state index in [4.69, 9.17) is 14.2 Å². The zero-order valence-corrected chi connectivity index (χ0v) is 16.2. The van der Waals surface area contributed by atoms with Gasteiger partial charge in [0.1, 0.15) is 11.5 Å². The van der Waals surface area contributed by atoms with Gasteiger partial charge in [-0.3, -0.25) is 9.59 Å². The summed E-state index contributed by atoms with van der Waals surface area (Å²) in [4.78, 5) is 37.2. The van der Waals surface area contributed by atoms with Gasteiger partial charge in [-0.1, -0.05) is 0 Å². The van der Waals surface area contributed by atoms with Gasteiger partial charge in [0.2, 0.25) is 0 Å². The molecule has 2 aromatic rings. The summed E-state index contributed by atoms with van der Waals surface area (Å²) in [5, 5.41) is 1.50. The molecule has 2 bridgehead atoms. The third kappa shape index (κ3) is 2.14. The molecule has 0 aromatic heterocycles. The van der Waals surface area contributed by atoms with E-state index in [1.165, 1.54) is 19.3 Å². The first-order valence-electron chi connectivity index (χ1n) is 9.32. The minimum absolute atomic E-state index is 0.111. The van der Waals surface area contributed by atoms with Gasteiger partial charge in [-0.15, -0.1) is 0 Å². The molecule has 0 amide bonds. The molecule has 0 saturated heterocycles. The van der Waals surface area contributed by atoms with E-state index < -0.39 is 5.97 Å². The number of ketones is 2.